The molecule has 0 heterocycles. The van der Waals surface area contributed by atoms with Crippen LogP contribution in [0.3, 0.4) is 0 Å². The quantitative estimate of drug-likeness (QED) is 0.138. The van der Waals surface area contributed by atoms with Crippen molar-refractivity contribution in [2.45, 2.75) is 32.2 Å². The van der Waals surface area contributed by atoms with E-state index < -0.39 is 17.8 Å². The molecule has 0 saturated carbocycles. The molecular weight excluding hydrogens is 550 g/mol. The first kappa shape index (κ1) is 28.4. The molecule has 7 nitrogen and oxygen atoms in total. The maximum atomic E-state index is 12.4. The Kier molecular flexibility index (Phi) is 10.9. The number of hydrogen-bond acceptors (Lipinski definition) is 6. The zero-order valence-corrected chi connectivity index (χ0v) is 22.1. The molecule has 0 unspecified atom stereocenters. The number of aryl methyl sites for hydroxylation is 1. The molecule has 0 bridgehead atoms. The van der Waals surface area contributed by atoms with Crippen molar-refractivity contribution in [1.29, 1.82) is 0 Å². The van der Waals surface area contributed by atoms with Gasteiger partial charge in [0.2, 0.25) is 5.91 Å². The molecule has 1 N–H and O–H groups in total. The predicted octanol–water partition coefficient (Wildman–Crippen LogP) is 5.17. The lowest BCUT2D eigenvalue weighted by Crippen LogP contribution is -2.21. The summed E-state index contributed by atoms with van der Waals surface area (Å²) in [6, 6.07) is 23.3. The van der Waals surface area contributed by atoms with Gasteiger partial charge in [0.25, 0.3) is 0 Å². The van der Waals surface area contributed by atoms with Crippen molar-refractivity contribution in [3.63, 3.8) is 0 Å². The SMILES string of the molecule is O=C(C=CC(=O)OC(=O)CCC(=O)c1ccc(CCC(=O)c2ccc(Br)cc2)cc1)NCc1ccccc1. The maximum absolute atomic E-state index is 12.4. The van der Waals surface area contributed by atoms with Gasteiger partial charge in [-0.25, -0.2) is 4.79 Å². The summed E-state index contributed by atoms with van der Waals surface area (Å²) in [5.74, 6) is -2.59. The Morgan fingerprint density at radius 2 is 1.29 bits per heavy atom. The van der Waals surface area contributed by atoms with E-state index in [1.165, 1.54) is 0 Å². The van der Waals surface area contributed by atoms with Gasteiger partial charge in [-0.1, -0.05) is 82.7 Å². The minimum absolute atomic E-state index is 0.0355. The number of amides is 1. The summed E-state index contributed by atoms with van der Waals surface area (Å²) >= 11 is 3.34. The Morgan fingerprint density at radius 3 is 1.95 bits per heavy atom. The first-order valence-corrected chi connectivity index (χ1v) is 12.7. The molecule has 3 aromatic carbocycles. The molecule has 0 aliphatic rings. The summed E-state index contributed by atoms with van der Waals surface area (Å²) in [6.07, 6.45) is 2.32. The van der Waals surface area contributed by atoms with Gasteiger partial charge in [0.15, 0.2) is 11.6 Å². The average molecular weight is 576 g/mol. The second-order valence-corrected chi connectivity index (χ2v) is 9.30. The summed E-state index contributed by atoms with van der Waals surface area (Å²) < 4.78 is 5.54. The van der Waals surface area contributed by atoms with Crippen molar-refractivity contribution < 1.29 is 28.7 Å². The van der Waals surface area contributed by atoms with Crippen LogP contribution in [0.4, 0.5) is 0 Å². The number of hydrogen-bond donors (Lipinski definition) is 1. The van der Waals surface area contributed by atoms with Gasteiger partial charge in [-0.15, -0.1) is 0 Å². The van der Waals surface area contributed by atoms with E-state index in [4.69, 9.17) is 0 Å². The van der Waals surface area contributed by atoms with E-state index >= 15 is 0 Å². The number of ether oxygens (including phenoxy) is 1. The number of benzene rings is 3. The highest BCUT2D eigenvalue weighted by Gasteiger charge is 2.13. The normalized spacial score (nSPS) is 10.7. The fourth-order valence-corrected chi connectivity index (χ4v) is 3.70. The fourth-order valence-electron chi connectivity index (χ4n) is 3.44. The molecule has 3 aromatic rings. The van der Waals surface area contributed by atoms with Gasteiger partial charge in [0.1, 0.15) is 0 Å². The van der Waals surface area contributed by atoms with Crippen LogP contribution in [0.2, 0.25) is 0 Å². The lowest BCUT2D eigenvalue weighted by Gasteiger charge is -2.05. The van der Waals surface area contributed by atoms with Crippen molar-refractivity contribution in [2.24, 2.45) is 0 Å². The van der Waals surface area contributed by atoms with Crippen LogP contribution in [-0.4, -0.2) is 29.4 Å². The molecule has 38 heavy (non-hydrogen) atoms. The van der Waals surface area contributed by atoms with E-state index in [0.717, 1.165) is 27.8 Å². The van der Waals surface area contributed by atoms with Gasteiger partial charge < -0.3 is 10.1 Å². The summed E-state index contributed by atoms with van der Waals surface area (Å²) in [6.45, 7) is 0.297. The Morgan fingerprint density at radius 1 is 0.684 bits per heavy atom. The van der Waals surface area contributed by atoms with Crippen LogP contribution >= 0.6 is 15.9 Å². The molecule has 0 saturated heterocycles. The minimum Gasteiger partial charge on any atom is -0.390 e. The second kappa shape index (κ2) is 14.5. The second-order valence-electron chi connectivity index (χ2n) is 8.38. The van der Waals surface area contributed by atoms with Crippen LogP contribution in [0.5, 0.6) is 0 Å². The van der Waals surface area contributed by atoms with Gasteiger partial charge >= 0.3 is 11.9 Å². The Labute approximate surface area is 229 Å². The molecule has 0 aliphatic heterocycles. The minimum atomic E-state index is -0.987. The third kappa shape index (κ3) is 9.71. The van der Waals surface area contributed by atoms with Crippen LogP contribution in [0.25, 0.3) is 0 Å². The predicted molar refractivity (Wildman–Crippen MR) is 145 cm³/mol. The van der Waals surface area contributed by atoms with Gasteiger partial charge in [-0.05, 0) is 29.7 Å². The largest absolute Gasteiger partial charge is 0.390 e. The highest BCUT2D eigenvalue weighted by atomic mass is 79.9. The van der Waals surface area contributed by atoms with E-state index in [-0.39, 0.29) is 24.4 Å². The third-order valence-electron chi connectivity index (χ3n) is 5.53. The number of halogens is 1. The molecule has 1 amide bonds. The Balaban J connectivity index is 1.36. The fraction of sp³-hybridized carbons (Fsp3) is 0.167. The monoisotopic (exact) mass is 575 g/mol. The van der Waals surface area contributed by atoms with E-state index in [0.29, 0.717) is 30.5 Å². The van der Waals surface area contributed by atoms with E-state index in [2.05, 4.69) is 26.0 Å². The molecule has 0 fully saturated rings. The van der Waals surface area contributed by atoms with Crippen molar-refractivity contribution in [3.8, 4) is 0 Å². The lowest BCUT2D eigenvalue weighted by molar-refractivity contribution is -0.156. The lowest BCUT2D eigenvalue weighted by atomic mass is 10.00. The number of carbonyl (C=O) groups excluding carboxylic acids is 5. The first-order chi connectivity index (χ1) is 18.3. The van der Waals surface area contributed by atoms with E-state index in [1.807, 2.05) is 42.5 Å². The molecule has 0 spiro atoms. The summed E-state index contributed by atoms with van der Waals surface area (Å²) in [7, 11) is 0. The zero-order chi connectivity index (χ0) is 27.3. The van der Waals surface area contributed by atoms with Crippen molar-refractivity contribution in [1.82, 2.24) is 5.32 Å². The van der Waals surface area contributed by atoms with Crippen LogP contribution in [-0.2, 0) is 32.1 Å². The number of rotatable bonds is 12. The van der Waals surface area contributed by atoms with Crippen LogP contribution in [0.1, 0.15) is 51.1 Å². The topological polar surface area (TPSA) is 107 Å². The number of nitrogens with one attached hydrogen (secondary N) is 1. The maximum Gasteiger partial charge on any atom is 0.338 e. The van der Waals surface area contributed by atoms with Crippen molar-refractivity contribution in [2.75, 3.05) is 0 Å². The molecule has 8 heteroatoms. The van der Waals surface area contributed by atoms with E-state index in [1.54, 1.807) is 36.4 Å². The van der Waals surface area contributed by atoms with Crippen LogP contribution in [0.15, 0.2) is 95.5 Å². The van der Waals surface area contributed by atoms with Gasteiger partial charge in [0.05, 0.1) is 6.42 Å². The van der Waals surface area contributed by atoms with Crippen LogP contribution in [0, 0.1) is 0 Å². The molecule has 0 atom stereocenters. The number of ketones is 2. The highest BCUT2D eigenvalue weighted by molar-refractivity contribution is 9.10. The highest BCUT2D eigenvalue weighted by Crippen LogP contribution is 2.15. The average Bonchev–Trinajstić information content (AvgIpc) is 2.93. The number of esters is 2. The number of carbonyl (C=O) groups is 5. The number of Topliss-reactive ketones (excluding diaryl/α,β-unsaturated/α-hetero) is 2. The molecular formula is C30H26BrNO6. The first-order valence-electron chi connectivity index (χ1n) is 12.0. The van der Waals surface area contributed by atoms with Crippen molar-refractivity contribution >= 4 is 45.3 Å². The molecule has 0 radical (unpaired) electrons. The Hall–Kier alpha value is -4.17. The third-order valence-corrected chi connectivity index (χ3v) is 6.06. The summed E-state index contributed by atoms with van der Waals surface area (Å²) in [5.41, 5.74) is 2.88. The van der Waals surface area contributed by atoms with E-state index in [9.17, 15) is 24.0 Å². The molecule has 194 valence electrons. The van der Waals surface area contributed by atoms with Crippen LogP contribution < -0.4 is 5.32 Å². The summed E-state index contributed by atoms with van der Waals surface area (Å²) in [5, 5.41) is 2.61. The Bertz CT molecular complexity index is 1320. The molecule has 0 aromatic heterocycles. The smallest absolute Gasteiger partial charge is 0.338 e. The van der Waals surface area contributed by atoms with Gasteiger partial charge in [0, 0.05) is 47.1 Å². The van der Waals surface area contributed by atoms with Gasteiger partial charge in [-0.3, -0.25) is 19.2 Å². The summed E-state index contributed by atoms with van der Waals surface area (Å²) in [4.78, 5) is 60.2. The molecule has 3 rings (SSSR count). The van der Waals surface area contributed by atoms with Gasteiger partial charge in [-0.2, -0.15) is 0 Å². The standard InChI is InChI=1S/C30H26BrNO6/c31-25-13-11-24(12-14-25)26(33)15-8-21-6-9-23(10-7-21)27(34)16-18-29(36)38-30(37)19-17-28(35)32-20-22-4-2-1-3-5-22/h1-7,9-14,17,19H,8,15-16,18,20H2,(H,32,35). The molecule has 0 aliphatic carbocycles. The zero-order valence-electron chi connectivity index (χ0n) is 20.5. The van der Waals surface area contributed by atoms with Crippen molar-refractivity contribution in [3.05, 3.63) is 118 Å².